The van der Waals surface area contributed by atoms with Gasteiger partial charge in [0.1, 0.15) is 11.1 Å². The molecule has 2 aromatic carbocycles. The molecule has 4 aromatic rings. The Morgan fingerprint density at radius 3 is 2.45 bits per heavy atom. The van der Waals surface area contributed by atoms with Gasteiger partial charge in [-0.05, 0) is 6.07 Å². The third-order valence-electron chi connectivity index (χ3n) is 4.85. The van der Waals surface area contributed by atoms with Gasteiger partial charge in [-0.1, -0.05) is 59.9 Å². The molecule has 1 N–H and O–H groups in total. The fraction of sp³-hybridized carbons (Fsp3) is 0.0476. The molecular weight excluding hydrogens is 420 g/mol. The summed E-state index contributed by atoms with van der Waals surface area (Å²) >= 11 is 0.872. The molecule has 0 radical (unpaired) electrons. The number of anilines is 1. The van der Waals surface area contributed by atoms with Gasteiger partial charge in [0.15, 0.2) is 5.69 Å². The number of benzene rings is 2. The summed E-state index contributed by atoms with van der Waals surface area (Å²) in [7, 11) is 0. The van der Waals surface area contributed by atoms with Gasteiger partial charge in [-0.25, -0.2) is 0 Å². The van der Waals surface area contributed by atoms with E-state index in [9.17, 15) is 24.3 Å². The summed E-state index contributed by atoms with van der Waals surface area (Å²) in [4.78, 5) is 55.1. The minimum atomic E-state index is -1.18. The van der Waals surface area contributed by atoms with E-state index < -0.39 is 29.5 Å². The Kier molecular flexibility index (Phi) is 4.22. The Bertz CT molecular complexity index is 1560. The van der Waals surface area contributed by atoms with Gasteiger partial charge in [0, 0.05) is 11.1 Å². The fourth-order valence-corrected chi connectivity index (χ4v) is 4.52. The Balaban J connectivity index is 1.80. The summed E-state index contributed by atoms with van der Waals surface area (Å²) in [6.07, 6.45) is 0. The predicted molar refractivity (Wildman–Crippen MR) is 113 cm³/mol. The van der Waals surface area contributed by atoms with Crippen molar-refractivity contribution in [2.24, 2.45) is 0 Å². The molecule has 10 heteroatoms. The highest BCUT2D eigenvalue weighted by atomic mass is 32.1. The van der Waals surface area contributed by atoms with Crippen molar-refractivity contribution in [2.75, 3.05) is 11.4 Å². The maximum Gasteiger partial charge on any atom is 0.323 e. The van der Waals surface area contributed by atoms with Crippen LogP contribution in [0, 0.1) is 0 Å². The lowest BCUT2D eigenvalue weighted by molar-refractivity contribution is -0.136. The van der Waals surface area contributed by atoms with Crippen LogP contribution in [0.15, 0.2) is 64.2 Å². The summed E-state index contributed by atoms with van der Waals surface area (Å²) in [5, 5.41) is 13.4. The van der Waals surface area contributed by atoms with Crippen LogP contribution in [-0.2, 0) is 9.59 Å². The Labute approximate surface area is 177 Å². The van der Waals surface area contributed by atoms with Crippen LogP contribution in [0.25, 0.3) is 21.8 Å². The summed E-state index contributed by atoms with van der Waals surface area (Å²) in [5.74, 6) is -1.78. The van der Waals surface area contributed by atoms with Crippen LogP contribution in [0.1, 0.15) is 5.56 Å². The van der Waals surface area contributed by atoms with Gasteiger partial charge in [-0.3, -0.25) is 24.1 Å². The monoisotopic (exact) mass is 432 g/mol. The van der Waals surface area contributed by atoms with Crippen molar-refractivity contribution in [3.8, 4) is 11.3 Å². The van der Waals surface area contributed by atoms with Crippen LogP contribution in [-0.4, -0.2) is 38.1 Å². The second-order valence-corrected chi connectivity index (χ2v) is 7.72. The summed E-state index contributed by atoms with van der Waals surface area (Å²) < 4.78 is 1.06. The quantitative estimate of drug-likeness (QED) is 0.501. The average molecular weight is 432 g/mol. The van der Waals surface area contributed by atoms with Gasteiger partial charge in [0.25, 0.3) is 11.5 Å². The van der Waals surface area contributed by atoms with Crippen molar-refractivity contribution < 1.29 is 14.7 Å². The van der Waals surface area contributed by atoms with Crippen LogP contribution >= 0.6 is 11.3 Å². The van der Waals surface area contributed by atoms with Crippen LogP contribution in [0.5, 0.6) is 0 Å². The van der Waals surface area contributed by atoms with Crippen molar-refractivity contribution in [3.05, 3.63) is 85.4 Å². The van der Waals surface area contributed by atoms with Crippen LogP contribution in [0.4, 0.5) is 5.69 Å². The third-order valence-corrected chi connectivity index (χ3v) is 5.88. The molecule has 0 bridgehead atoms. The number of aromatic nitrogens is 3. The molecule has 0 spiro atoms. The molecule has 5 rings (SSSR count). The average Bonchev–Trinajstić information content (AvgIpc) is 3.21. The van der Waals surface area contributed by atoms with E-state index in [2.05, 4.69) is 10.1 Å². The molecule has 0 fully saturated rings. The number of carbonyl (C=O) groups excluding carboxylic acids is 1. The van der Waals surface area contributed by atoms with Gasteiger partial charge < -0.3 is 5.11 Å². The molecule has 9 nitrogen and oxygen atoms in total. The van der Waals surface area contributed by atoms with Crippen LogP contribution in [0.2, 0.25) is 0 Å². The number of hydrogen-bond acceptors (Lipinski definition) is 7. The normalized spacial score (nSPS) is 14.8. The number of amides is 1. The Morgan fingerprint density at radius 2 is 1.71 bits per heavy atom. The van der Waals surface area contributed by atoms with Crippen molar-refractivity contribution in [1.29, 1.82) is 0 Å². The van der Waals surface area contributed by atoms with Crippen LogP contribution < -0.4 is 20.6 Å². The molecule has 0 aliphatic carbocycles. The summed E-state index contributed by atoms with van der Waals surface area (Å²) in [6, 6.07) is 15.3. The van der Waals surface area contributed by atoms with Crippen molar-refractivity contribution in [1.82, 2.24) is 14.6 Å². The first-order valence-electron chi connectivity index (χ1n) is 9.12. The maximum atomic E-state index is 13.2. The minimum absolute atomic E-state index is 0.0233. The molecule has 0 atom stereocenters. The maximum absolute atomic E-state index is 13.2. The zero-order valence-electron chi connectivity index (χ0n) is 15.7. The zero-order chi connectivity index (χ0) is 21.7. The number of para-hydroxylation sites is 1. The highest BCUT2D eigenvalue weighted by Gasteiger charge is 2.35. The topological polar surface area (TPSA) is 122 Å². The SMILES string of the molecule is O=C(O)CN1C(=O)C(=c2sc3nc(=O)c(-c4ccccc4)nn3c2=O)c2ccccc21. The highest BCUT2D eigenvalue weighted by Crippen LogP contribution is 2.34. The minimum Gasteiger partial charge on any atom is -0.480 e. The number of carboxylic acids is 1. The first-order chi connectivity index (χ1) is 15.0. The van der Waals surface area contributed by atoms with E-state index >= 15 is 0 Å². The highest BCUT2D eigenvalue weighted by molar-refractivity contribution is 7.15. The van der Waals surface area contributed by atoms with E-state index in [0.29, 0.717) is 16.8 Å². The standard InChI is InChI=1S/C21H12N4O5S/c26-14(27)10-24-13-9-5-4-8-12(13)15(19(24)29)17-20(30)25-21(31-17)22-18(28)16(23-25)11-6-2-1-3-7-11/h1-9H,10H2,(H,26,27). The van der Waals surface area contributed by atoms with Gasteiger partial charge in [0.2, 0.25) is 4.96 Å². The number of carboxylic acid groups (broad SMARTS) is 1. The van der Waals surface area contributed by atoms with E-state index in [4.69, 9.17) is 0 Å². The number of fused-ring (bicyclic) bond motifs is 2. The molecular formula is C21H12N4O5S. The number of rotatable bonds is 3. The van der Waals surface area contributed by atoms with Crippen LogP contribution in [0.3, 0.4) is 0 Å². The van der Waals surface area contributed by atoms with E-state index in [1.54, 1.807) is 54.6 Å². The summed E-state index contributed by atoms with van der Waals surface area (Å²) in [6.45, 7) is -0.537. The Morgan fingerprint density at radius 1 is 1.00 bits per heavy atom. The first kappa shape index (κ1) is 18.8. The largest absolute Gasteiger partial charge is 0.480 e. The van der Waals surface area contributed by atoms with Gasteiger partial charge in [-0.15, -0.1) is 0 Å². The predicted octanol–water partition coefficient (Wildman–Crippen LogP) is 0.527. The lowest BCUT2D eigenvalue weighted by Gasteiger charge is -2.13. The summed E-state index contributed by atoms with van der Waals surface area (Å²) in [5.41, 5.74) is 0.285. The van der Waals surface area contributed by atoms with Crippen molar-refractivity contribution in [2.45, 2.75) is 0 Å². The molecule has 152 valence electrons. The molecule has 3 heterocycles. The lowest BCUT2D eigenvalue weighted by Crippen LogP contribution is -2.35. The third kappa shape index (κ3) is 2.92. The number of hydrogen-bond donors (Lipinski definition) is 1. The van der Waals surface area contributed by atoms with E-state index in [0.717, 1.165) is 20.8 Å². The molecule has 1 aliphatic rings. The molecule has 1 aliphatic heterocycles. The van der Waals surface area contributed by atoms with Gasteiger partial charge in [0.05, 0.1) is 11.3 Å². The van der Waals surface area contributed by atoms with Gasteiger partial charge >= 0.3 is 11.5 Å². The Hall–Kier alpha value is -4.18. The van der Waals surface area contributed by atoms with Crippen molar-refractivity contribution >= 4 is 39.4 Å². The smallest absolute Gasteiger partial charge is 0.323 e. The lowest BCUT2D eigenvalue weighted by atomic mass is 10.1. The molecule has 0 saturated heterocycles. The fourth-order valence-electron chi connectivity index (χ4n) is 3.53. The van der Waals surface area contributed by atoms with E-state index in [-0.39, 0.29) is 20.8 Å². The second kappa shape index (κ2) is 6.96. The number of thiazole rings is 1. The zero-order valence-corrected chi connectivity index (χ0v) is 16.5. The number of nitrogens with zero attached hydrogens (tertiary/aromatic N) is 4. The van der Waals surface area contributed by atoms with Gasteiger partial charge in [-0.2, -0.15) is 14.6 Å². The van der Waals surface area contributed by atoms with E-state index in [1.807, 2.05) is 0 Å². The molecule has 2 aromatic heterocycles. The number of aliphatic carboxylic acids is 1. The second-order valence-electron chi connectivity index (χ2n) is 6.74. The molecule has 1 amide bonds. The molecule has 0 unspecified atom stereocenters. The molecule has 0 saturated carbocycles. The number of carbonyl (C=O) groups is 2. The molecule has 31 heavy (non-hydrogen) atoms. The van der Waals surface area contributed by atoms with Crippen molar-refractivity contribution in [3.63, 3.8) is 0 Å². The van der Waals surface area contributed by atoms with E-state index in [1.165, 1.54) is 0 Å². The first-order valence-corrected chi connectivity index (χ1v) is 9.94.